The monoisotopic (exact) mass is 348 g/mol. The Morgan fingerprint density at radius 3 is 2.64 bits per heavy atom. The maximum atomic E-state index is 13.2. The van der Waals surface area contributed by atoms with Gasteiger partial charge in [0, 0.05) is 0 Å². The van der Waals surface area contributed by atoms with Gasteiger partial charge < -0.3 is 10.1 Å². The second kappa shape index (κ2) is 6.58. The SMILES string of the molecule is Cc1ccc(C(=O)Nc2ccccc2C2=NCCO2)c(C(F)(F)F)c1. The van der Waals surface area contributed by atoms with Gasteiger partial charge in [0.2, 0.25) is 5.90 Å². The third kappa shape index (κ3) is 3.65. The molecule has 0 aliphatic carbocycles. The Morgan fingerprint density at radius 1 is 1.20 bits per heavy atom. The molecule has 2 aromatic carbocycles. The summed E-state index contributed by atoms with van der Waals surface area (Å²) in [5, 5.41) is 2.54. The highest BCUT2D eigenvalue weighted by atomic mass is 19.4. The largest absolute Gasteiger partial charge is 0.475 e. The lowest BCUT2D eigenvalue weighted by molar-refractivity contribution is -0.137. The fourth-order valence-electron chi connectivity index (χ4n) is 2.56. The van der Waals surface area contributed by atoms with Crippen LogP contribution in [0.25, 0.3) is 0 Å². The van der Waals surface area contributed by atoms with Crippen molar-refractivity contribution in [1.82, 2.24) is 0 Å². The highest BCUT2D eigenvalue weighted by Gasteiger charge is 2.35. The number of ether oxygens (including phenoxy) is 1. The minimum atomic E-state index is -4.61. The topological polar surface area (TPSA) is 50.7 Å². The number of halogens is 3. The Balaban J connectivity index is 1.94. The second-order valence-electron chi connectivity index (χ2n) is 5.58. The van der Waals surface area contributed by atoms with E-state index in [2.05, 4.69) is 10.3 Å². The first-order valence-electron chi connectivity index (χ1n) is 7.62. The van der Waals surface area contributed by atoms with E-state index in [1.807, 2.05) is 0 Å². The van der Waals surface area contributed by atoms with Crippen molar-refractivity contribution >= 4 is 17.5 Å². The van der Waals surface area contributed by atoms with Crippen LogP contribution in [0.5, 0.6) is 0 Å². The van der Waals surface area contributed by atoms with Crippen molar-refractivity contribution in [3.63, 3.8) is 0 Å². The highest BCUT2D eigenvalue weighted by Crippen LogP contribution is 2.33. The zero-order chi connectivity index (χ0) is 18.0. The van der Waals surface area contributed by atoms with Crippen LogP contribution >= 0.6 is 0 Å². The first-order chi connectivity index (χ1) is 11.9. The van der Waals surface area contributed by atoms with Crippen molar-refractivity contribution in [3.8, 4) is 0 Å². The molecular weight excluding hydrogens is 333 g/mol. The molecule has 0 saturated heterocycles. The molecule has 0 saturated carbocycles. The Kier molecular flexibility index (Phi) is 4.48. The average molecular weight is 348 g/mol. The van der Waals surface area contributed by atoms with Crippen LogP contribution in [0, 0.1) is 6.92 Å². The molecule has 1 amide bonds. The summed E-state index contributed by atoms with van der Waals surface area (Å²) in [4.78, 5) is 16.6. The lowest BCUT2D eigenvalue weighted by atomic mass is 10.0. The van der Waals surface area contributed by atoms with Crippen molar-refractivity contribution in [2.24, 2.45) is 4.99 Å². The summed E-state index contributed by atoms with van der Waals surface area (Å²) in [6.45, 7) is 2.49. The van der Waals surface area contributed by atoms with Gasteiger partial charge in [-0.25, -0.2) is 4.99 Å². The van der Waals surface area contributed by atoms with Crippen molar-refractivity contribution in [2.75, 3.05) is 18.5 Å². The van der Waals surface area contributed by atoms with Gasteiger partial charge in [0.1, 0.15) is 6.61 Å². The number of anilines is 1. The van der Waals surface area contributed by atoms with Crippen molar-refractivity contribution in [3.05, 3.63) is 64.7 Å². The number of alkyl halides is 3. The Morgan fingerprint density at radius 2 is 1.96 bits per heavy atom. The van der Waals surface area contributed by atoms with Gasteiger partial charge in [-0.15, -0.1) is 0 Å². The Labute approximate surface area is 142 Å². The minimum Gasteiger partial charge on any atom is -0.475 e. The molecule has 25 heavy (non-hydrogen) atoms. The predicted molar refractivity (Wildman–Crippen MR) is 87.9 cm³/mol. The van der Waals surface area contributed by atoms with Gasteiger partial charge in [0.05, 0.1) is 28.9 Å². The molecule has 0 aromatic heterocycles. The van der Waals surface area contributed by atoms with Crippen LogP contribution < -0.4 is 5.32 Å². The molecule has 1 N–H and O–H groups in total. The standard InChI is InChI=1S/C18H15F3N2O2/c1-11-6-7-12(14(10-11)18(19,20)21)16(24)23-15-5-3-2-4-13(15)17-22-8-9-25-17/h2-7,10H,8-9H2,1H3,(H,23,24). The molecule has 0 radical (unpaired) electrons. The fourth-order valence-corrected chi connectivity index (χ4v) is 2.56. The summed E-state index contributed by atoms with van der Waals surface area (Å²) in [6, 6.07) is 10.3. The van der Waals surface area contributed by atoms with Crippen molar-refractivity contribution < 1.29 is 22.7 Å². The number of hydrogen-bond donors (Lipinski definition) is 1. The average Bonchev–Trinajstić information content (AvgIpc) is 3.08. The molecule has 130 valence electrons. The van der Waals surface area contributed by atoms with Gasteiger partial charge >= 0.3 is 6.18 Å². The zero-order valence-corrected chi connectivity index (χ0v) is 13.4. The van der Waals surface area contributed by atoms with E-state index in [1.165, 1.54) is 12.1 Å². The Bertz CT molecular complexity index is 844. The number of benzene rings is 2. The minimum absolute atomic E-state index is 0.349. The number of nitrogens with zero attached hydrogens (tertiary/aromatic N) is 1. The molecule has 4 nitrogen and oxygen atoms in total. The van der Waals surface area contributed by atoms with Gasteiger partial charge in [-0.2, -0.15) is 13.2 Å². The van der Waals surface area contributed by atoms with E-state index in [9.17, 15) is 18.0 Å². The molecule has 3 rings (SSSR count). The Hall–Kier alpha value is -2.83. The normalized spacial score (nSPS) is 14.0. The molecule has 1 aliphatic rings. The molecule has 2 aromatic rings. The summed E-state index contributed by atoms with van der Waals surface area (Å²) in [7, 11) is 0. The molecule has 1 heterocycles. The second-order valence-corrected chi connectivity index (χ2v) is 5.58. The van der Waals surface area contributed by atoms with E-state index in [1.54, 1.807) is 31.2 Å². The van der Waals surface area contributed by atoms with Crippen LogP contribution in [0.15, 0.2) is 47.5 Å². The lowest BCUT2D eigenvalue weighted by Gasteiger charge is -2.15. The van der Waals surface area contributed by atoms with E-state index in [0.717, 1.165) is 6.07 Å². The maximum absolute atomic E-state index is 13.2. The fraction of sp³-hybridized carbons (Fsp3) is 0.222. The number of aryl methyl sites for hydroxylation is 1. The number of nitrogens with one attached hydrogen (secondary N) is 1. The van der Waals surface area contributed by atoms with Crippen LogP contribution in [0.4, 0.5) is 18.9 Å². The number of carbonyl (C=O) groups is 1. The summed E-state index contributed by atoms with van der Waals surface area (Å²) < 4.78 is 45.1. The van der Waals surface area contributed by atoms with Gasteiger partial charge in [-0.3, -0.25) is 4.79 Å². The van der Waals surface area contributed by atoms with E-state index < -0.39 is 23.2 Å². The van der Waals surface area contributed by atoms with Crippen molar-refractivity contribution in [2.45, 2.75) is 13.1 Å². The van der Waals surface area contributed by atoms with Crippen LogP contribution in [0.1, 0.15) is 27.0 Å². The van der Waals surface area contributed by atoms with E-state index >= 15 is 0 Å². The highest BCUT2D eigenvalue weighted by molar-refractivity contribution is 6.09. The predicted octanol–water partition coefficient (Wildman–Crippen LogP) is 4.04. The third-order valence-electron chi connectivity index (χ3n) is 3.72. The quantitative estimate of drug-likeness (QED) is 0.910. The van der Waals surface area contributed by atoms with Gasteiger partial charge in [-0.1, -0.05) is 23.8 Å². The maximum Gasteiger partial charge on any atom is 0.417 e. The molecule has 7 heteroatoms. The van der Waals surface area contributed by atoms with Gasteiger partial charge in [0.15, 0.2) is 0 Å². The van der Waals surface area contributed by atoms with Crippen LogP contribution in [-0.2, 0) is 10.9 Å². The molecule has 0 atom stereocenters. The van der Waals surface area contributed by atoms with E-state index in [0.29, 0.717) is 35.9 Å². The lowest BCUT2D eigenvalue weighted by Crippen LogP contribution is -2.20. The van der Waals surface area contributed by atoms with Crippen LogP contribution in [-0.4, -0.2) is 25.0 Å². The molecular formula is C18H15F3N2O2. The van der Waals surface area contributed by atoms with E-state index in [-0.39, 0.29) is 0 Å². The molecule has 0 unspecified atom stereocenters. The van der Waals surface area contributed by atoms with Crippen molar-refractivity contribution in [1.29, 1.82) is 0 Å². The first kappa shape index (κ1) is 17.0. The number of rotatable bonds is 3. The number of aliphatic imine (C=N–C) groups is 1. The summed E-state index contributed by atoms with van der Waals surface area (Å²) in [5.41, 5.74) is -0.0759. The molecule has 0 bridgehead atoms. The number of carbonyl (C=O) groups excluding carboxylic acids is 1. The zero-order valence-electron chi connectivity index (χ0n) is 13.4. The number of amides is 1. The van der Waals surface area contributed by atoms with Crippen LogP contribution in [0.3, 0.4) is 0 Å². The summed E-state index contributed by atoms with van der Waals surface area (Å²) in [5.74, 6) is -0.464. The summed E-state index contributed by atoms with van der Waals surface area (Å²) >= 11 is 0. The third-order valence-corrected chi connectivity index (χ3v) is 3.72. The first-order valence-corrected chi connectivity index (χ1v) is 7.62. The van der Waals surface area contributed by atoms with E-state index in [4.69, 9.17) is 4.74 Å². The number of hydrogen-bond acceptors (Lipinski definition) is 3. The van der Waals surface area contributed by atoms with Gasteiger partial charge in [0.25, 0.3) is 5.91 Å². The van der Waals surface area contributed by atoms with Gasteiger partial charge in [-0.05, 0) is 31.2 Å². The molecule has 1 aliphatic heterocycles. The summed E-state index contributed by atoms with van der Waals surface area (Å²) in [6.07, 6.45) is -4.61. The number of para-hydroxylation sites is 1. The molecule has 0 fully saturated rings. The van der Waals surface area contributed by atoms with Crippen LogP contribution in [0.2, 0.25) is 0 Å². The smallest absolute Gasteiger partial charge is 0.417 e. The molecule has 0 spiro atoms.